The van der Waals surface area contributed by atoms with Gasteiger partial charge < -0.3 is 26.2 Å². The van der Waals surface area contributed by atoms with Crippen LogP contribution in [-0.4, -0.2) is 65.3 Å². The number of hydrogen-bond donors (Lipinski definition) is 4. The number of nitrogens with one attached hydrogen (secondary N) is 1. The lowest BCUT2D eigenvalue weighted by atomic mass is 9.58. The van der Waals surface area contributed by atoms with Gasteiger partial charge in [-0.2, -0.15) is 0 Å². The maximum atomic E-state index is 14.1. The molecule has 0 heterocycles. The van der Waals surface area contributed by atoms with Crippen LogP contribution in [0.2, 0.25) is 0 Å². The maximum Gasteiger partial charge on any atom is 0.231 e. The Balaban J connectivity index is 2.41. The first-order valence-corrected chi connectivity index (χ1v) is 13.1. The van der Waals surface area contributed by atoms with Crippen molar-refractivity contribution in [1.29, 1.82) is 0 Å². The molecule has 0 spiro atoms. The van der Waals surface area contributed by atoms with Gasteiger partial charge in [0.05, 0.1) is 23.0 Å². The summed E-state index contributed by atoms with van der Waals surface area (Å²) in [6.45, 7) is 8.29. The lowest BCUT2D eigenvalue weighted by Crippen LogP contribution is -2.61. The quantitative estimate of drug-likeness (QED) is 0.224. The standard InChI is InChI=1S/C28H45N3O4/c1-4-18-31(19-5-2)26(35)27(16-11-17-30-21-23(32)6-3)14-10-15-28(24(27)33,25(29)34)20-22-12-8-7-9-13-22/h7-10,12-13,15,23-24,30,32-33H,4-6,11,14,16-21H2,1-3H3,(H2,29,34)/t23?,24-,27?,28-/m1/s1. The summed E-state index contributed by atoms with van der Waals surface area (Å²) < 4.78 is 0. The molecule has 0 saturated heterocycles. The van der Waals surface area contributed by atoms with E-state index in [0.717, 1.165) is 18.4 Å². The molecule has 5 N–H and O–H groups in total. The molecule has 1 aromatic rings. The number of nitrogens with two attached hydrogens (primary N) is 1. The van der Waals surface area contributed by atoms with Crippen molar-refractivity contribution < 1.29 is 19.8 Å². The van der Waals surface area contributed by atoms with Crippen molar-refractivity contribution in [2.24, 2.45) is 16.6 Å². The molecule has 1 aromatic carbocycles. The van der Waals surface area contributed by atoms with Gasteiger partial charge in [0.25, 0.3) is 0 Å². The number of primary amides is 1. The van der Waals surface area contributed by atoms with E-state index in [1.54, 1.807) is 6.08 Å². The third kappa shape index (κ3) is 6.93. The lowest BCUT2D eigenvalue weighted by Gasteiger charge is -2.49. The molecule has 0 saturated carbocycles. The van der Waals surface area contributed by atoms with Gasteiger partial charge in [0.2, 0.25) is 11.8 Å². The molecule has 0 aromatic heterocycles. The number of aliphatic hydroxyl groups excluding tert-OH is 2. The molecule has 1 aliphatic rings. The fourth-order valence-electron chi connectivity index (χ4n) is 5.23. The number of nitrogens with zero attached hydrogens (tertiary/aromatic N) is 1. The van der Waals surface area contributed by atoms with Crippen LogP contribution in [0.3, 0.4) is 0 Å². The molecule has 35 heavy (non-hydrogen) atoms. The molecule has 196 valence electrons. The highest BCUT2D eigenvalue weighted by molar-refractivity contribution is 5.89. The summed E-state index contributed by atoms with van der Waals surface area (Å²) in [6, 6.07) is 9.50. The van der Waals surface area contributed by atoms with E-state index in [1.165, 1.54) is 0 Å². The fraction of sp³-hybridized carbons (Fsp3) is 0.643. The highest BCUT2D eigenvalue weighted by Crippen LogP contribution is 2.48. The van der Waals surface area contributed by atoms with E-state index in [1.807, 2.05) is 62.1 Å². The van der Waals surface area contributed by atoms with Crippen molar-refractivity contribution in [1.82, 2.24) is 10.2 Å². The SMILES string of the molecule is CCCN(CCC)C(=O)C1(CCCNCC(O)CC)CC=C[C@](Cc2ccccc2)(C(N)=O)[C@@H]1O. The van der Waals surface area contributed by atoms with Gasteiger partial charge in [0.15, 0.2) is 0 Å². The Morgan fingerprint density at radius 3 is 2.40 bits per heavy atom. The Bertz CT molecular complexity index is 825. The molecule has 0 radical (unpaired) electrons. The lowest BCUT2D eigenvalue weighted by molar-refractivity contribution is -0.162. The van der Waals surface area contributed by atoms with Crippen LogP contribution in [0.4, 0.5) is 0 Å². The Morgan fingerprint density at radius 2 is 1.83 bits per heavy atom. The third-order valence-corrected chi connectivity index (χ3v) is 7.23. The molecule has 4 atom stereocenters. The van der Waals surface area contributed by atoms with E-state index >= 15 is 0 Å². The summed E-state index contributed by atoms with van der Waals surface area (Å²) in [5, 5.41) is 25.0. The zero-order valence-corrected chi connectivity index (χ0v) is 21.7. The molecule has 2 rings (SSSR count). The minimum Gasteiger partial charge on any atom is -0.392 e. The van der Waals surface area contributed by atoms with Crippen LogP contribution >= 0.6 is 0 Å². The van der Waals surface area contributed by atoms with Crippen LogP contribution in [-0.2, 0) is 16.0 Å². The molecule has 0 bridgehead atoms. The van der Waals surface area contributed by atoms with Crippen LogP contribution in [0, 0.1) is 10.8 Å². The molecule has 2 amide bonds. The van der Waals surface area contributed by atoms with Gasteiger partial charge in [-0.05, 0) is 57.1 Å². The topological polar surface area (TPSA) is 116 Å². The van der Waals surface area contributed by atoms with E-state index in [4.69, 9.17) is 5.73 Å². The van der Waals surface area contributed by atoms with Gasteiger partial charge in [-0.25, -0.2) is 0 Å². The number of carbonyl (C=O) groups excluding carboxylic acids is 2. The van der Waals surface area contributed by atoms with Gasteiger partial charge in [0, 0.05) is 19.6 Å². The Hall–Kier alpha value is -2.22. The number of amides is 2. The third-order valence-electron chi connectivity index (χ3n) is 7.23. The largest absolute Gasteiger partial charge is 0.392 e. The average Bonchev–Trinajstić information content (AvgIpc) is 2.85. The minimum absolute atomic E-state index is 0.106. The molecule has 2 unspecified atom stereocenters. The van der Waals surface area contributed by atoms with E-state index in [-0.39, 0.29) is 12.3 Å². The summed E-state index contributed by atoms with van der Waals surface area (Å²) in [7, 11) is 0. The predicted octanol–water partition coefficient (Wildman–Crippen LogP) is 2.80. The zero-order chi connectivity index (χ0) is 25.9. The first-order valence-electron chi connectivity index (χ1n) is 13.1. The maximum absolute atomic E-state index is 14.1. The van der Waals surface area contributed by atoms with Crippen LogP contribution in [0.25, 0.3) is 0 Å². The van der Waals surface area contributed by atoms with Gasteiger partial charge in [-0.1, -0.05) is 63.3 Å². The summed E-state index contributed by atoms with van der Waals surface area (Å²) in [4.78, 5) is 28.9. The van der Waals surface area contributed by atoms with E-state index in [2.05, 4.69) is 5.32 Å². The second kappa shape index (κ2) is 13.8. The number of allylic oxidation sites excluding steroid dienone is 1. The second-order valence-corrected chi connectivity index (χ2v) is 9.89. The van der Waals surface area contributed by atoms with Crippen molar-refractivity contribution in [2.75, 3.05) is 26.2 Å². The zero-order valence-electron chi connectivity index (χ0n) is 21.7. The fourth-order valence-corrected chi connectivity index (χ4v) is 5.23. The van der Waals surface area contributed by atoms with Crippen molar-refractivity contribution in [2.45, 2.75) is 77.9 Å². The monoisotopic (exact) mass is 487 g/mol. The van der Waals surface area contributed by atoms with E-state index in [9.17, 15) is 19.8 Å². The summed E-state index contributed by atoms with van der Waals surface area (Å²) >= 11 is 0. The minimum atomic E-state index is -1.37. The molecular weight excluding hydrogens is 442 g/mol. The van der Waals surface area contributed by atoms with Gasteiger partial charge in [-0.15, -0.1) is 0 Å². The molecular formula is C28H45N3O4. The summed E-state index contributed by atoms with van der Waals surface area (Å²) in [5.41, 5.74) is 4.33. The Morgan fingerprint density at radius 1 is 1.17 bits per heavy atom. The van der Waals surface area contributed by atoms with Crippen LogP contribution in [0.1, 0.15) is 64.9 Å². The average molecular weight is 488 g/mol. The highest BCUT2D eigenvalue weighted by atomic mass is 16.3. The number of rotatable bonds is 15. The van der Waals surface area contributed by atoms with E-state index in [0.29, 0.717) is 51.9 Å². The second-order valence-electron chi connectivity index (χ2n) is 9.89. The van der Waals surface area contributed by atoms with Crippen molar-refractivity contribution in [3.05, 3.63) is 48.0 Å². The number of carbonyl (C=O) groups is 2. The predicted molar refractivity (Wildman–Crippen MR) is 140 cm³/mol. The number of benzene rings is 1. The number of hydrogen-bond acceptors (Lipinski definition) is 5. The summed E-state index contributed by atoms with van der Waals surface area (Å²) in [5.74, 6) is -0.728. The molecule has 0 aliphatic heterocycles. The van der Waals surface area contributed by atoms with Gasteiger partial charge in [-0.3, -0.25) is 9.59 Å². The molecule has 7 nitrogen and oxygen atoms in total. The van der Waals surface area contributed by atoms with Crippen molar-refractivity contribution in [3.63, 3.8) is 0 Å². The van der Waals surface area contributed by atoms with Crippen molar-refractivity contribution >= 4 is 11.8 Å². The van der Waals surface area contributed by atoms with Crippen molar-refractivity contribution in [3.8, 4) is 0 Å². The Labute approximate surface area is 210 Å². The smallest absolute Gasteiger partial charge is 0.231 e. The molecule has 0 fully saturated rings. The summed E-state index contributed by atoms with van der Waals surface area (Å²) in [6.07, 6.45) is 5.86. The van der Waals surface area contributed by atoms with Gasteiger partial charge in [0.1, 0.15) is 0 Å². The normalized spacial score (nSPS) is 24.8. The van der Waals surface area contributed by atoms with E-state index < -0.39 is 28.9 Å². The first-order chi connectivity index (χ1) is 16.8. The first kappa shape index (κ1) is 29.0. The van der Waals surface area contributed by atoms with Gasteiger partial charge >= 0.3 is 0 Å². The van der Waals surface area contributed by atoms with Crippen LogP contribution in [0.5, 0.6) is 0 Å². The molecule has 1 aliphatic carbocycles. The Kier molecular flexibility index (Phi) is 11.4. The van der Waals surface area contributed by atoms with Crippen LogP contribution in [0.15, 0.2) is 42.5 Å². The molecule has 7 heteroatoms. The van der Waals surface area contributed by atoms with Crippen LogP contribution < -0.4 is 11.1 Å². The number of aliphatic hydroxyl groups is 2. The highest BCUT2D eigenvalue weighted by Gasteiger charge is 2.58.